The van der Waals surface area contributed by atoms with Crippen molar-refractivity contribution in [2.24, 2.45) is 5.92 Å². The Balaban J connectivity index is 1.51. The molecule has 1 saturated carbocycles. The normalized spacial score (nSPS) is 18.8. The number of piperidine rings is 1. The van der Waals surface area contributed by atoms with Crippen LogP contribution in [0.25, 0.3) is 0 Å². The van der Waals surface area contributed by atoms with Crippen molar-refractivity contribution in [2.75, 3.05) is 44.3 Å². The Kier molecular flexibility index (Phi) is 5.76. The minimum Gasteiger partial charge on any atom is -0.398 e. The number of likely N-dealkylation sites (tertiary alicyclic amines) is 1. The Morgan fingerprint density at radius 1 is 1.19 bits per heavy atom. The predicted octanol–water partition coefficient (Wildman–Crippen LogP) is 2.94. The summed E-state index contributed by atoms with van der Waals surface area (Å²) in [6.45, 7) is 9.93. The molecule has 144 valence electrons. The number of carbonyl (C=O) groups excluding carboxylic acids is 1. The van der Waals surface area contributed by atoms with Crippen molar-refractivity contribution in [3.63, 3.8) is 0 Å². The number of nitrogens with zero attached hydrogens (tertiary/aromatic N) is 2. The van der Waals surface area contributed by atoms with E-state index in [9.17, 15) is 4.79 Å². The summed E-state index contributed by atoms with van der Waals surface area (Å²) < 4.78 is 0. The van der Waals surface area contributed by atoms with Crippen molar-refractivity contribution in [1.82, 2.24) is 9.80 Å². The number of amides is 1. The molecule has 0 spiro atoms. The fourth-order valence-electron chi connectivity index (χ4n) is 4.12. The van der Waals surface area contributed by atoms with Gasteiger partial charge < -0.3 is 20.9 Å². The van der Waals surface area contributed by atoms with E-state index >= 15 is 0 Å². The van der Waals surface area contributed by atoms with Gasteiger partial charge in [-0.05, 0) is 69.1 Å². The Hall–Kier alpha value is -1.75. The van der Waals surface area contributed by atoms with E-state index < -0.39 is 0 Å². The van der Waals surface area contributed by atoms with Crippen LogP contribution in [0.1, 0.15) is 42.4 Å². The molecule has 1 aromatic rings. The molecule has 0 radical (unpaired) electrons. The maximum atomic E-state index is 12.7. The van der Waals surface area contributed by atoms with Gasteiger partial charge in [0.1, 0.15) is 0 Å². The van der Waals surface area contributed by atoms with Gasteiger partial charge in [-0.2, -0.15) is 0 Å². The highest BCUT2D eigenvalue weighted by atomic mass is 16.2. The lowest BCUT2D eigenvalue weighted by molar-refractivity contribution is -0.130. The number of rotatable bonds is 6. The van der Waals surface area contributed by atoms with Gasteiger partial charge in [-0.1, -0.05) is 6.07 Å². The van der Waals surface area contributed by atoms with E-state index in [0.29, 0.717) is 12.6 Å². The number of nitrogens with one attached hydrogen (secondary N) is 1. The van der Waals surface area contributed by atoms with Gasteiger partial charge >= 0.3 is 0 Å². The molecule has 1 amide bonds. The number of hydrogen-bond donors (Lipinski definition) is 2. The van der Waals surface area contributed by atoms with Gasteiger partial charge in [-0.25, -0.2) is 0 Å². The summed E-state index contributed by atoms with van der Waals surface area (Å²) in [6, 6.07) is 2.44. The topological polar surface area (TPSA) is 61.6 Å². The van der Waals surface area contributed by atoms with Crippen LogP contribution in [0.4, 0.5) is 11.4 Å². The highest BCUT2D eigenvalue weighted by Crippen LogP contribution is 2.31. The van der Waals surface area contributed by atoms with Crippen LogP contribution in [0.2, 0.25) is 0 Å². The van der Waals surface area contributed by atoms with E-state index in [1.165, 1.54) is 19.4 Å². The molecule has 1 aliphatic carbocycles. The average Bonchev–Trinajstić information content (AvgIpc) is 3.43. The van der Waals surface area contributed by atoms with Gasteiger partial charge in [0.2, 0.25) is 5.91 Å². The first-order chi connectivity index (χ1) is 12.4. The fourth-order valence-corrected chi connectivity index (χ4v) is 4.12. The summed E-state index contributed by atoms with van der Waals surface area (Å²) >= 11 is 0. The van der Waals surface area contributed by atoms with E-state index in [4.69, 9.17) is 5.73 Å². The zero-order chi connectivity index (χ0) is 18.8. The second-order valence-corrected chi connectivity index (χ2v) is 8.26. The molecule has 0 aromatic heterocycles. The third kappa shape index (κ3) is 4.32. The van der Waals surface area contributed by atoms with E-state index in [2.05, 4.69) is 23.2 Å². The molecule has 1 heterocycles. The highest BCUT2D eigenvalue weighted by Gasteiger charge is 2.29. The van der Waals surface area contributed by atoms with Gasteiger partial charge in [0.15, 0.2) is 0 Å². The summed E-state index contributed by atoms with van der Waals surface area (Å²) in [5.74, 6) is 1.10. The third-order valence-corrected chi connectivity index (χ3v) is 6.16. The fraction of sp³-hybridized carbons (Fsp3) is 0.667. The third-order valence-electron chi connectivity index (χ3n) is 6.16. The second-order valence-electron chi connectivity index (χ2n) is 8.26. The number of nitrogens with two attached hydrogens (primary N) is 1. The summed E-state index contributed by atoms with van der Waals surface area (Å²) in [4.78, 5) is 17.2. The number of nitrogen functional groups attached to an aromatic ring is 1. The van der Waals surface area contributed by atoms with Crippen LogP contribution in [-0.4, -0.2) is 55.0 Å². The maximum absolute atomic E-state index is 12.7. The lowest BCUT2D eigenvalue weighted by Crippen LogP contribution is -2.47. The van der Waals surface area contributed by atoms with E-state index in [-0.39, 0.29) is 5.91 Å². The zero-order valence-corrected chi connectivity index (χ0v) is 16.8. The van der Waals surface area contributed by atoms with Crippen LogP contribution in [0.5, 0.6) is 0 Å². The van der Waals surface area contributed by atoms with Crippen LogP contribution in [0, 0.1) is 26.7 Å². The molecule has 0 unspecified atom stereocenters. The number of carbonyl (C=O) groups is 1. The lowest BCUT2D eigenvalue weighted by atomic mass is 10.0. The Labute approximate surface area is 157 Å². The van der Waals surface area contributed by atoms with Gasteiger partial charge in [0.25, 0.3) is 0 Å². The number of likely N-dealkylation sites (N-methyl/N-ethyl adjacent to an activating group) is 1. The molecule has 1 aromatic carbocycles. The van der Waals surface area contributed by atoms with Crippen LogP contribution in [-0.2, 0) is 4.79 Å². The Morgan fingerprint density at radius 3 is 2.46 bits per heavy atom. The average molecular weight is 359 g/mol. The molecular weight excluding hydrogens is 324 g/mol. The minimum atomic E-state index is 0.156. The first kappa shape index (κ1) is 19.0. The molecule has 1 aliphatic heterocycles. The summed E-state index contributed by atoms with van der Waals surface area (Å²) in [5.41, 5.74) is 11.2. The molecule has 2 aliphatic rings. The van der Waals surface area contributed by atoms with Crippen LogP contribution in [0.15, 0.2) is 6.07 Å². The molecule has 0 atom stereocenters. The molecule has 3 N–H and O–H groups in total. The molecule has 26 heavy (non-hydrogen) atoms. The van der Waals surface area contributed by atoms with Crippen molar-refractivity contribution in [3.05, 3.63) is 22.8 Å². The van der Waals surface area contributed by atoms with Gasteiger partial charge in [0, 0.05) is 44.1 Å². The SMILES string of the molecule is Cc1cc(C)c(NCC(=O)N(C)C2CCN(CC3CC3)CC2)c(C)c1N. The first-order valence-electron chi connectivity index (χ1n) is 9.95. The van der Waals surface area contributed by atoms with Crippen LogP contribution < -0.4 is 11.1 Å². The summed E-state index contributed by atoms with van der Waals surface area (Å²) in [5, 5.41) is 3.33. The molecule has 5 heteroatoms. The molecular formula is C21H34N4O. The quantitative estimate of drug-likeness (QED) is 0.768. The van der Waals surface area contributed by atoms with Gasteiger partial charge in [-0.15, -0.1) is 0 Å². The van der Waals surface area contributed by atoms with E-state index in [1.54, 1.807) is 0 Å². The Morgan fingerprint density at radius 2 is 1.85 bits per heavy atom. The zero-order valence-electron chi connectivity index (χ0n) is 16.8. The predicted molar refractivity (Wildman–Crippen MR) is 109 cm³/mol. The van der Waals surface area contributed by atoms with Crippen molar-refractivity contribution < 1.29 is 4.79 Å². The highest BCUT2D eigenvalue weighted by molar-refractivity contribution is 5.82. The van der Waals surface area contributed by atoms with Crippen LogP contribution in [0.3, 0.4) is 0 Å². The number of anilines is 2. The first-order valence-corrected chi connectivity index (χ1v) is 9.95. The standard InChI is InChI=1S/C21H34N4O/c1-14-11-15(2)21(16(3)20(14)22)23-12-19(26)24(4)18-7-9-25(10-8-18)13-17-5-6-17/h11,17-18,23H,5-10,12-13,22H2,1-4H3. The van der Waals surface area contributed by atoms with E-state index in [1.807, 2.05) is 25.8 Å². The molecule has 1 saturated heterocycles. The largest absolute Gasteiger partial charge is 0.398 e. The summed E-state index contributed by atoms with van der Waals surface area (Å²) in [7, 11) is 1.95. The molecule has 5 nitrogen and oxygen atoms in total. The van der Waals surface area contributed by atoms with Crippen molar-refractivity contribution in [1.29, 1.82) is 0 Å². The Bertz CT molecular complexity index is 660. The van der Waals surface area contributed by atoms with Gasteiger partial charge in [-0.3, -0.25) is 4.79 Å². The molecule has 3 rings (SSSR count). The number of aryl methyl sites for hydroxylation is 2. The van der Waals surface area contributed by atoms with E-state index in [0.717, 1.165) is 59.9 Å². The van der Waals surface area contributed by atoms with Crippen LogP contribution >= 0.6 is 0 Å². The lowest BCUT2D eigenvalue weighted by Gasteiger charge is -2.37. The maximum Gasteiger partial charge on any atom is 0.241 e. The number of hydrogen-bond acceptors (Lipinski definition) is 4. The van der Waals surface area contributed by atoms with Gasteiger partial charge in [0.05, 0.1) is 6.54 Å². The molecule has 0 bridgehead atoms. The molecule has 2 fully saturated rings. The van der Waals surface area contributed by atoms with Crippen molar-refractivity contribution in [2.45, 2.75) is 52.5 Å². The van der Waals surface area contributed by atoms with Crippen molar-refractivity contribution >= 4 is 17.3 Å². The monoisotopic (exact) mass is 358 g/mol. The number of benzene rings is 1. The minimum absolute atomic E-state index is 0.156. The summed E-state index contributed by atoms with van der Waals surface area (Å²) in [6.07, 6.45) is 4.99. The smallest absolute Gasteiger partial charge is 0.241 e. The van der Waals surface area contributed by atoms with Crippen molar-refractivity contribution in [3.8, 4) is 0 Å². The second kappa shape index (κ2) is 7.87.